The fourth-order valence-corrected chi connectivity index (χ4v) is 3.71. The van der Waals surface area contributed by atoms with E-state index in [1.807, 2.05) is 35.7 Å². The van der Waals surface area contributed by atoms with E-state index in [1.165, 1.54) is 6.07 Å². The van der Waals surface area contributed by atoms with E-state index in [2.05, 4.69) is 6.07 Å². The van der Waals surface area contributed by atoms with Gasteiger partial charge >= 0.3 is 5.97 Å². The molecule has 0 aliphatic carbocycles. The van der Waals surface area contributed by atoms with Crippen LogP contribution in [0.5, 0.6) is 11.5 Å². The number of nitriles is 1. The molecule has 176 valence electrons. The Labute approximate surface area is 197 Å². The summed E-state index contributed by atoms with van der Waals surface area (Å²) in [7, 11) is 0. The number of hydrogen-bond acceptors (Lipinski definition) is 7. The number of aromatic nitrogens is 1. The topological polar surface area (TPSA) is 102 Å². The van der Waals surface area contributed by atoms with Gasteiger partial charge in [0.2, 0.25) is 0 Å². The monoisotopic (exact) mass is 463 g/mol. The van der Waals surface area contributed by atoms with Crippen LogP contribution in [0.15, 0.2) is 48.8 Å². The molecule has 1 amide bonds. The standard InChI is InChI=1S/C25H25N3O6/c1-2-32-23-13-18(6-7-22(23)33-17-24(29)27-9-11-31-12-10-27)25(30)34-16-19-15-28-8-4-3-5-21(28)20(19)14-26/h3-8,13,15H,2,9-12,16-17H2,1H3. The summed E-state index contributed by atoms with van der Waals surface area (Å²) < 4.78 is 23.8. The van der Waals surface area contributed by atoms with Crippen LogP contribution in [0.2, 0.25) is 0 Å². The minimum absolute atomic E-state index is 0.0420. The van der Waals surface area contributed by atoms with Crippen molar-refractivity contribution >= 4 is 17.4 Å². The molecule has 3 heterocycles. The van der Waals surface area contributed by atoms with Crippen LogP contribution in [0.25, 0.3) is 5.52 Å². The van der Waals surface area contributed by atoms with Crippen molar-refractivity contribution in [3.05, 3.63) is 65.5 Å². The highest BCUT2D eigenvalue weighted by Gasteiger charge is 2.19. The molecule has 0 N–H and O–H groups in total. The lowest BCUT2D eigenvalue weighted by molar-refractivity contribution is -0.137. The van der Waals surface area contributed by atoms with Gasteiger partial charge in [-0.15, -0.1) is 0 Å². The first-order valence-corrected chi connectivity index (χ1v) is 11.0. The number of pyridine rings is 1. The molecule has 0 spiro atoms. The van der Waals surface area contributed by atoms with E-state index in [0.29, 0.717) is 55.5 Å². The van der Waals surface area contributed by atoms with Gasteiger partial charge in [0.25, 0.3) is 5.91 Å². The SMILES string of the molecule is CCOc1cc(C(=O)OCc2cn3ccccc3c2C#N)ccc1OCC(=O)N1CCOCC1. The van der Waals surface area contributed by atoms with Gasteiger partial charge < -0.3 is 28.2 Å². The molecule has 1 fully saturated rings. The highest BCUT2D eigenvalue weighted by molar-refractivity contribution is 5.90. The molecular weight excluding hydrogens is 438 g/mol. The van der Waals surface area contributed by atoms with Crippen molar-refractivity contribution in [3.8, 4) is 17.6 Å². The maximum atomic E-state index is 12.7. The summed E-state index contributed by atoms with van der Waals surface area (Å²) in [5.41, 5.74) is 2.12. The smallest absolute Gasteiger partial charge is 0.338 e. The molecule has 2 aromatic heterocycles. The van der Waals surface area contributed by atoms with Crippen LogP contribution in [0, 0.1) is 11.3 Å². The fraction of sp³-hybridized carbons (Fsp3) is 0.320. The van der Waals surface area contributed by atoms with Crippen LogP contribution in [0.1, 0.15) is 28.4 Å². The average Bonchev–Trinajstić information content (AvgIpc) is 3.24. The highest BCUT2D eigenvalue weighted by Crippen LogP contribution is 2.29. The van der Waals surface area contributed by atoms with Gasteiger partial charge in [-0.2, -0.15) is 5.26 Å². The number of benzene rings is 1. The quantitative estimate of drug-likeness (QED) is 0.473. The van der Waals surface area contributed by atoms with E-state index in [0.717, 1.165) is 5.52 Å². The van der Waals surface area contributed by atoms with Gasteiger partial charge in [0.1, 0.15) is 12.7 Å². The molecule has 3 aromatic rings. The van der Waals surface area contributed by atoms with E-state index in [9.17, 15) is 14.9 Å². The van der Waals surface area contributed by atoms with Gasteiger partial charge in [-0.25, -0.2) is 4.79 Å². The lowest BCUT2D eigenvalue weighted by Crippen LogP contribution is -2.43. The summed E-state index contributed by atoms with van der Waals surface area (Å²) in [6.07, 6.45) is 3.60. The number of ether oxygens (including phenoxy) is 4. The van der Waals surface area contributed by atoms with Gasteiger partial charge in [0, 0.05) is 31.0 Å². The number of esters is 1. The zero-order chi connectivity index (χ0) is 23.9. The number of fused-ring (bicyclic) bond motifs is 1. The maximum Gasteiger partial charge on any atom is 0.338 e. The van der Waals surface area contributed by atoms with Crippen molar-refractivity contribution in [2.45, 2.75) is 13.5 Å². The zero-order valence-electron chi connectivity index (χ0n) is 18.9. The average molecular weight is 463 g/mol. The molecule has 1 aliphatic rings. The van der Waals surface area contributed by atoms with E-state index in [1.54, 1.807) is 23.2 Å². The third kappa shape index (κ3) is 5.13. The van der Waals surface area contributed by atoms with Crippen molar-refractivity contribution in [3.63, 3.8) is 0 Å². The van der Waals surface area contributed by atoms with Crippen LogP contribution < -0.4 is 9.47 Å². The first-order valence-electron chi connectivity index (χ1n) is 11.0. The lowest BCUT2D eigenvalue weighted by atomic mass is 10.2. The Bertz CT molecular complexity index is 1220. The molecule has 9 nitrogen and oxygen atoms in total. The Balaban J connectivity index is 1.42. The van der Waals surface area contributed by atoms with Crippen molar-refractivity contribution in [1.29, 1.82) is 5.26 Å². The Morgan fingerprint density at radius 3 is 2.71 bits per heavy atom. The second kappa shape index (κ2) is 10.7. The summed E-state index contributed by atoms with van der Waals surface area (Å²) in [4.78, 5) is 26.7. The van der Waals surface area contributed by atoms with Gasteiger partial charge in [0.15, 0.2) is 18.1 Å². The van der Waals surface area contributed by atoms with E-state index in [4.69, 9.17) is 18.9 Å². The Kier molecular flexibility index (Phi) is 7.30. The van der Waals surface area contributed by atoms with Gasteiger partial charge in [-0.1, -0.05) is 6.07 Å². The predicted octanol–water partition coefficient (Wildman–Crippen LogP) is 2.80. The first-order chi connectivity index (χ1) is 16.6. The predicted molar refractivity (Wildman–Crippen MR) is 122 cm³/mol. The second-order valence-corrected chi connectivity index (χ2v) is 7.59. The first kappa shape index (κ1) is 23.1. The summed E-state index contributed by atoms with van der Waals surface area (Å²) in [6, 6.07) is 12.4. The number of carbonyl (C=O) groups is 2. The molecule has 0 atom stereocenters. The minimum atomic E-state index is -0.559. The second-order valence-electron chi connectivity index (χ2n) is 7.59. The molecule has 0 saturated carbocycles. The van der Waals surface area contributed by atoms with Gasteiger partial charge in [-0.3, -0.25) is 4.79 Å². The molecule has 0 radical (unpaired) electrons. The molecule has 4 rings (SSSR count). The fourth-order valence-electron chi connectivity index (χ4n) is 3.71. The number of morpholine rings is 1. The van der Waals surface area contributed by atoms with Crippen LogP contribution in [-0.2, 0) is 20.9 Å². The molecule has 34 heavy (non-hydrogen) atoms. The number of hydrogen-bond donors (Lipinski definition) is 0. The largest absolute Gasteiger partial charge is 0.490 e. The Morgan fingerprint density at radius 2 is 1.94 bits per heavy atom. The number of rotatable bonds is 8. The summed E-state index contributed by atoms with van der Waals surface area (Å²) >= 11 is 0. The number of amides is 1. The lowest BCUT2D eigenvalue weighted by Gasteiger charge is -2.26. The highest BCUT2D eigenvalue weighted by atomic mass is 16.5. The molecule has 1 aromatic carbocycles. The summed E-state index contributed by atoms with van der Waals surface area (Å²) in [5.74, 6) is 0.0167. The van der Waals surface area contributed by atoms with Crippen LogP contribution in [-0.4, -0.2) is 60.7 Å². The summed E-state index contributed by atoms with van der Waals surface area (Å²) in [6.45, 7) is 4.10. The Hall–Kier alpha value is -4.03. The Morgan fingerprint density at radius 1 is 1.12 bits per heavy atom. The normalized spacial score (nSPS) is 13.4. The third-order valence-electron chi connectivity index (χ3n) is 5.43. The molecule has 9 heteroatoms. The molecular formula is C25H25N3O6. The van der Waals surface area contributed by atoms with Gasteiger partial charge in [-0.05, 0) is 37.3 Å². The van der Waals surface area contributed by atoms with Gasteiger partial charge in [0.05, 0.1) is 36.5 Å². The van der Waals surface area contributed by atoms with Crippen molar-refractivity contribution < 1.29 is 28.5 Å². The van der Waals surface area contributed by atoms with E-state index < -0.39 is 5.97 Å². The van der Waals surface area contributed by atoms with Crippen LogP contribution in [0.4, 0.5) is 0 Å². The minimum Gasteiger partial charge on any atom is -0.490 e. The molecule has 1 saturated heterocycles. The molecule has 1 aliphatic heterocycles. The summed E-state index contributed by atoms with van der Waals surface area (Å²) in [5, 5.41) is 9.52. The van der Waals surface area contributed by atoms with E-state index in [-0.39, 0.29) is 24.7 Å². The molecule has 0 bridgehead atoms. The third-order valence-corrected chi connectivity index (χ3v) is 5.43. The zero-order valence-corrected chi connectivity index (χ0v) is 18.9. The van der Waals surface area contributed by atoms with Crippen molar-refractivity contribution in [1.82, 2.24) is 9.30 Å². The van der Waals surface area contributed by atoms with Crippen LogP contribution >= 0.6 is 0 Å². The molecule has 0 unspecified atom stereocenters. The van der Waals surface area contributed by atoms with Crippen molar-refractivity contribution in [2.24, 2.45) is 0 Å². The van der Waals surface area contributed by atoms with E-state index >= 15 is 0 Å². The number of carbonyl (C=O) groups excluding carboxylic acids is 2. The maximum absolute atomic E-state index is 12.7. The van der Waals surface area contributed by atoms with Crippen molar-refractivity contribution in [2.75, 3.05) is 39.5 Å². The van der Waals surface area contributed by atoms with Crippen LogP contribution in [0.3, 0.4) is 0 Å². The number of nitrogens with zero attached hydrogens (tertiary/aromatic N) is 3.